The maximum Gasteiger partial charge on any atom is 0.241 e. The third-order valence-electron chi connectivity index (χ3n) is 3.54. The van der Waals surface area contributed by atoms with E-state index in [1.54, 1.807) is 12.4 Å². The van der Waals surface area contributed by atoms with Gasteiger partial charge in [0, 0.05) is 37.6 Å². The first-order chi connectivity index (χ1) is 10.7. The molecule has 0 radical (unpaired) electrons. The van der Waals surface area contributed by atoms with E-state index in [0.717, 1.165) is 31.8 Å². The number of nitrogens with zero attached hydrogens (tertiary/aromatic N) is 5. The van der Waals surface area contributed by atoms with Gasteiger partial charge in [-0.1, -0.05) is 5.16 Å². The van der Waals surface area contributed by atoms with E-state index in [4.69, 9.17) is 9.26 Å². The fraction of sp³-hybridized carbons (Fsp3) is 0.533. The van der Waals surface area contributed by atoms with Gasteiger partial charge in [-0.25, -0.2) is 0 Å². The van der Waals surface area contributed by atoms with Crippen molar-refractivity contribution in [3.05, 3.63) is 30.4 Å². The van der Waals surface area contributed by atoms with Crippen molar-refractivity contribution in [2.45, 2.75) is 12.6 Å². The van der Waals surface area contributed by atoms with Crippen LogP contribution < -0.4 is 0 Å². The molecule has 3 heterocycles. The van der Waals surface area contributed by atoms with Crippen LogP contribution in [-0.2, 0) is 11.3 Å². The summed E-state index contributed by atoms with van der Waals surface area (Å²) in [5.41, 5.74) is 0.866. The van der Waals surface area contributed by atoms with E-state index < -0.39 is 0 Å². The van der Waals surface area contributed by atoms with Gasteiger partial charge < -0.3 is 14.2 Å². The number of likely N-dealkylation sites (N-methyl/N-ethyl adjacent to an activating group) is 1. The molecule has 118 valence electrons. The third kappa shape index (κ3) is 3.88. The highest BCUT2D eigenvalue weighted by molar-refractivity contribution is 5.51. The SMILES string of the molecule is CN(C)C[C@H]1CN(Cc2nc(-c3cccnc3)no2)CCO1. The van der Waals surface area contributed by atoms with E-state index in [2.05, 4.69) is 39.0 Å². The highest BCUT2D eigenvalue weighted by Crippen LogP contribution is 2.15. The first-order valence-electron chi connectivity index (χ1n) is 7.42. The summed E-state index contributed by atoms with van der Waals surface area (Å²) in [7, 11) is 4.11. The average Bonchev–Trinajstić information content (AvgIpc) is 2.96. The zero-order valence-corrected chi connectivity index (χ0v) is 13.0. The second-order valence-electron chi connectivity index (χ2n) is 5.74. The van der Waals surface area contributed by atoms with Gasteiger partial charge in [0.05, 0.1) is 19.3 Å². The lowest BCUT2D eigenvalue weighted by atomic mass is 10.2. The van der Waals surface area contributed by atoms with E-state index >= 15 is 0 Å². The molecule has 0 N–H and O–H groups in total. The van der Waals surface area contributed by atoms with Crippen molar-refractivity contribution in [3.8, 4) is 11.4 Å². The fourth-order valence-electron chi connectivity index (χ4n) is 2.56. The Bertz CT molecular complexity index is 587. The predicted octanol–water partition coefficient (Wildman–Crippen LogP) is 0.894. The minimum absolute atomic E-state index is 0.226. The standard InChI is InChI=1S/C15H21N5O2/c1-19(2)9-13-10-20(6-7-21-13)11-14-17-15(18-22-14)12-4-3-5-16-8-12/h3-5,8,13H,6-7,9-11H2,1-2H3/t13-/m0/s1. The van der Waals surface area contributed by atoms with Gasteiger partial charge in [-0.2, -0.15) is 4.98 Å². The van der Waals surface area contributed by atoms with Crippen molar-refractivity contribution in [2.75, 3.05) is 40.3 Å². The van der Waals surface area contributed by atoms with Crippen LogP contribution in [0.3, 0.4) is 0 Å². The summed E-state index contributed by atoms with van der Waals surface area (Å²) in [6.07, 6.45) is 3.68. The van der Waals surface area contributed by atoms with Gasteiger partial charge in [0.1, 0.15) is 0 Å². The Kier molecular flexibility index (Phi) is 4.77. The lowest BCUT2D eigenvalue weighted by Gasteiger charge is -2.33. The van der Waals surface area contributed by atoms with Crippen LogP contribution in [0.15, 0.2) is 29.0 Å². The van der Waals surface area contributed by atoms with Crippen molar-refractivity contribution in [3.63, 3.8) is 0 Å². The first kappa shape index (κ1) is 15.1. The Balaban J connectivity index is 1.60. The van der Waals surface area contributed by atoms with Gasteiger partial charge in [0.15, 0.2) is 0 Å². The van der Waals surface area contributed by atoms with Gasteiger partial charge in [-0.15, -0.1) is 0 Å². The van der Waals surface area contributed by atoms with Crippen molar-refractivity contribution in [1.29, 1.82) is 0 Å². The number of rotatable bonds is 5. The maximum atomic E-state index is 5.77. The summed E-state index contributed by atoms with van der Waals surface area (Å²) in [5, 5.41) is 4.03. The van der Waals surface area contributed by atoms with Crippen molar-refractivity contribution >= 4 is 0 Å². The molecule has 1 aliphatic heterocycles. The molecule has 1 aliphatic rings. The Hall–Kier alpha value is -1.83. The zero-order valence-electron chi connectivity index (χ0n) is 13.0. The van der Waals surface area contributed by atoms with Gasteiger partial charge in [-0.3, -0.25) is 9.88 Å². The molecule has 0 amide bonds. The van der Waals surface area contributed by atoms with Crippen molar-refractivity contribution in [1.82, 2.24) is 24.9 Å². The van der Waals surface area contributed by atoms with Crippen LogP contribution in [0.4, 0.5) is 0 Å². The number of morpholine rings is 1. The van der Waals surface area contributed by atoms with Crippen molar-refractivity contribution in [2.24, 2.45) is 0 Å². The Labute approximate surface area is 129 Å². The number of hydrogen-bond acceptors (Lipinski definition) is 7. The van der Waals surface area contributed by atoms with E-state index in [1.165, 1.54) is 0 Å². The summed E-state index contributed by atoms with van der Waals surface area (Å²) in [6.45, 7) is 4.07. The molecule has 1 saturated heterocycles. The van der Waals surface area contributed by atoms with Crippen LogP contribution in [0.25, 0.3) is 11.4 Å². The average molecular weight is 303 g/mol. The Morgan fingerprint density at radius 3 is 3.09 bits per heavy atom. The molecule has 7 nitrogen and oxygen atoms in total. The summed E-state index contributed by atoms with van der Waals surface area (Å²) < 4.78 is 11.1. The number of pyridine rings is 1. The summed E-state index contributed by atoms with van der Waals surface area (Å²) >= 11 is 0. The number of aromatic nitrogens is 3. The van der Waals surface area contributed by atoms with Crippen LogP contribution in [0.1, 0.15) is 5.89 Å². The molecule has 1 atom stereocenters. The fourth-order valence-corrected chi connectivity index (χ4v) is 2.56. The molecule has 0 unspecified atom stereocenters. The predicted molar refractivity (Wildman–Crippen MR) is 81.1 cm³/mol. The third-order valence-corrected chi connectivity index (χ3v) is 3.54. The van der Waals surface area contributed by atoms with E-state index in [9.17, 15) is 0 Å². The van der Waals surface area contributed by atoms with Crippen LogP contribution in [0.5, 0.6) is 0 Å². The number of ether oxygens (including phenoxy) is 1. The highest BCUT2D eigenvalue weighted by atomic mass is 16.5. The van der Waals surface area contributed by atoms with E-state index in [-0.39, 0.29) is 6.10 Å². The number of hydrogen-bond donors (Lipinski definition) is 0. The second-order valence-corrected chi connectivity index (χ2v) is 5.74. The molecular weight excluding hydrogens is 282 g/mol. The van der Waals surface area contributed by atoms with Crippen LogP contribution >= 0.6 is 0 Å². The Morgan fingerprint density at radius 2 is 2.32 bits per heavy atom. The monoisotopic (exact) mass is 303 g/mol. The smallest absolute Gasteiger partial charge is 0.241 e. The van der Waals surface area contributed by atoms with Crippen molar-refractivity contribution < 1.29 is 9.26 Å². The van der Waals surface area contributed by atoms with Crippen LogP contribution in [0.2, 0.25) is 0 Å². The molecule has 3 rings (SSSR count). The molecule has 2 aromatic rings. The molecule has 0 aliphatic carbocycles. The lowest BCUT2D eigenvalue weighted by Crippen LogP contribution is -2.46. The summed E-state index contributed by atoms with van der Waals surface area (Å²) in [5.74, 6) is 1.21. The van der Waals surface area contributed by atoms with E-state index in [0.29, 0.717) is 18.3 Å². The molecule has 2 aromatic heterocycles. The quantitative estimate of drug-likeness (QED) is 0.812. The molecule has 1 fully saturated rings. The largest absolute Gasteiger partial charge is 0.374 e. The molecular formula is C15H21N5O2. The topological polar surface area (TPSA) is 67.5 Å². The normalized spacial score (nSPS) is 19.7. The lowest BCUT2D eigenvalue weighted by molar-refractivity contribution is -0.0430. The second kappa shape index (κ2) is 6.95. The minimum atomic E-state index is 0.226. The molecule has 0 bridgehead atoms. The minimum Gasteiger partial charge on any atom is -0.374 e. The van der Waals surface area contributed by atoms with Gasteiger partial charge in [0.25, 0.3) is 0 Å². The van der Waals surface area contributed by atoms with Gasteiger partial charge in [0.2, 0.25) is 11.7 Å². The highest BCUT2D eigenvalue weighted by Gasteiger charge is 2.22. The first-order valence-corrected chi connectivity index (χ1v) is 7.42. The molecule has 7 heteroatoms. The van der Waals surface area contributed by atoms with Crippen LogP contribution in [-0.4, -0.2) is 71.4 Å². The molecule has 0 saturated carbocycles. The summed E-state index contributed by atoms with van der Waals surface area (Å²) in [6, 6.07) is 3.78. The Morgan fingerprint density at radius 1 is 1.41 bits per heavy atom. The van der Waals surface area contributed by atoms with Gasteiger partial charge >= 0.3 is 0 Å². The molecule has 0 spiro atoms. The van der Waals surface area contributed by atoms with Gasteiger partial charge in [-0.05, 0) is 26.2 Å². The summed E-state index contributed by atoms with van der Waals surface area (Å²) in [4.78, 5) is 13.0. The molecule has 22 heavy (non-hydrogen) atoms. The van der Waals surface area contributed by atoms with Crippen LogP contribution in [0, 0.1) is 0 Å². The zero-order chi connectivity index (χ0) is 15.4. The molecule has 0 aromatic carbocycles. The van der Waals surface area contributed by atoms with E-state index in [1.807, 2.05) is 12.1 Å². The maximum absolute atomic E-state index is 5.77.